The lowest BCUT2D eigenvalue weighted by Gasteiger charge is -2.32. The maximum absolute atomic E-state index is 12.8. The van der Waals surface area contributed by atoms with Crippen molar-refractivity contribution in [3.8, 4) is 5.75 Å². The number of hydrogen-bond acceptors (Lipinski definition) is 3. The minimum Gasteiger partial charge on any atom is -0.497 e. The Balaban J connectivity index is 1.56. The van der Waals surface area contributed by atoms with Crippen LogP contribution >= 0.6 is 11.6 Å². The molecular formula is C22H27ClN2O2. The lowest BCUT2D eigenvalue weighted by atomic mass is 9.96. The smallest absolute Gasteiger partial charge is 0.224 e. The average molecular weight is 387 g/mol. The number of piperidine rings is 1. The Bertz CT molecular complexity index is 763. The van der Waals surface area contributed by atoms with E-state index in [0.717, 1.165) is 54.4 Å². The predicted octanol–water partition coefficient (Wildman–Crippen LogP) is 4.44. The van der Waals surface area contributed by atoms with Gasteiger partial charge in [0.15, 0.2) is 0 Å². The van der Waals surface area contributed by atoms with Gasteiger partial charge in [-0.25, -0.2) is 0 Å². The molecular weight excluding hydrogens is 360 g/mol. The van der Waals surface area contributed by atoms with E-state index in [1.54, 1.807) is 7.11 Å². The third-order valence-corrected chi connectivity index (χ3v) is 5.57. The first-order valence-electron chi connectivity index (χ1n) is 9.47. The van der Waals surface area contributed by atoms with Gasteiger partial charge in [-0.3, -0.25) is 9.69 Å². The standard InChI is InChI=1S/C22H27ClN2O2/c1-16(17-9-11-20(27-2)12-10-17)24-22(26)19-7-5-13-25(15-19)14-18-6-3-4-8-21(18)23/h3-4,6,8-12,16,19H,5,7,13-15H2,1-2H3,(H,24,26). The summed E-state index contributed by atoms with van der Waals surface area (Å²) in [6.07, 6.45) is 1.96. The molecule has 3 rings (SSSR count). The first kappa shape index (κ1) is 19.7. The highest BCUT2D eigenvalue weighted by atomic mass is 35.5. The van der Waals surface area contributed by atoms with Crippen LogP contribution in [0.1, 0.15) is 36.9 Å². The Labute approximate surface area is 166 Å². The number of ether oxygens (including phenoxy) is 1. The van der Waals surface area contributed by atoms with Crippen molar-refractivity contribution in [2.45, 2.75) is 32.4 Å². The normalized spacial score (nSPS) is 18.7. The third kappa shape index (κ3) is 5.24. The minimum atomic E-state index is -0.0256. The van der Waals surface area contributed by atoms with Gasteiger partial charge in [-0.05, 0) is 55.6 Å². The molecule has 1 aliphatic rings. The molecule has 4 nitrogen and oxygen atoms in total. The second-order valence-electron chi connectivity index (χ2n) is 7.17. The summed E-state index contributed by atoms with van der Waals surface area (Å²) in [5.74, 6) is 0.962. The molecule has 0 spiro atoms. The summed E-state index contributed by atoms with van der Waals surface area (Å²) < 4.78 is 5.19. The van der Waals surface area contributed by atoms with Crippen molar-refractivity contribution in [3.05, 3.63) is 64.7 Å². The van der Waals surface area contributed by atoms with E-state index in [0.29, 0.717) is 0 Å². The molecule has 0 aliphatic carbocycles. The maximum Gasteiger partial charge on any atom is 0.224 e. The van der Waals surface area contributed by atoms with Crippen molar-refractivity contribution in [1.82, 2.24) is 10.2 Å². The molecule has 0 aromatic heterocycles. The van der Waals surface area contributed by atoms with Crippen molar-refractivity contribution in [2.75, 3.05) is 20.2 Å². The summed E-state index contributed by atoms with van der Waals surface area (Å²) in [7, 11) is 1.65. The third-order valence-electron chi connectivity index (χ3n) is 5.20. The van der Waals surface area contributed by atoms with Crippen LogP contribution in [0, 0.1) is 5.92 Å². The molecule has 0 saturated carbocycles. The highest BCUT2D eigenvalue weighted by molar-refractivity contribution is 6.31. The van der Waals surface area contributed by atoms with Crippen LogP contribution in [0.4, 0.5) is 0 Å². The Hall–Kier alpha value is -2.04. The molecule has 2 aromatic carbocycles. The number of halogens is 1. The van der Waals surface area contributed by atoms with Gasteiger partial charge in [0.05, 0.1) is 19.1 Å². The number of nitrogens with one attached hydrogen (secondary N) is 1. The monoisotopic (exact) mass is 386 g/mol. The number of carbonyl (C=O) groups excluding carboxylic acids is 1. The van der Waals surface area contributed by atoms with Crippen LogP contribution in [0.25, 0.3) is 0 Å². The van der Waals surface area contributed by atoms with Crippen LogP contribution in [0.2, 0.25) is 5.02 Å². The van der Waals surface area contributed by atoms with Crippen LogP contribution in [-0.4, -0.2) is 31.0 Å². The van der Waals surface area contributed by atoms with Crippen molar-refractivity contribution < 1.29 is 9.53 Å². The number of methoxy groups -OCH3 is 1. The molecule has 2 unspecified atom stereocenters. The number of nitrogens with zero attached hydrogens (tertiary/aromatic N) is 1. The van der Waals surface area contributed by atoms with E-state index < -0.39 is 0 Å². The Morgan fingerprint density at radius 2 is 2.00 bits per heavy atom. The first-order valence-corrected chi connectivity index (χ1v) is 9.84. The molecule has 1 N–H and O–H groups in total. The number of likely N-dealkylation sites (tertiary alicyclic amines) is 1. The zero-order valence-electron chi connectivity index (χ0n) is 16.0. The van der Waals surface area contributed by atoms with Crippen LogP contribution in [0.3, 0.4) is 0 Å². The Morgan fingerprint density at radius 1 is 1.26 bits per heavy atom. The van der Waals surface area contributed by atoms with Crippen LogP contribution in [0.15, 0.2) is 48.5 Å². The summed E-state index contributed by atoms with van der Waals surface area (Å²) in [5.41, 5.74) is 2.19. The van der Waals surface area contributed by atoms with E-state index in [9.17, 15) is 4.79 Å². The average Bonchev–Trinajstić information content (AvgIpc) is 2.70. The van der Waals surface area contributed by atoms with E-state index in [1.807, 2.05) is 49.4 Å². The molecule has 1 heterocycles. The molecule has 1 fully saturated rings. The molecule has 144 valence electrons. The largest absolute Gasteiger partial charge is 0.497 e. The van der Waals surface area contributed by atoms with Gasteiger partial charge >= 0.3 is 0 Å². The fourth-order valence-electron chi connectivity index (χ4n) is 3.59. The van der Waals surface area contributed by atoms with E-state index >= 15 is 0 Å². The van der Waals surface area contributed by atoms with Gasteiger partial charge in [0.25, 0.3) is 0 Å². The predicted molar refractivity (Wildman–Crippen MR) is 109 cm³/mol. The van der Waals surface area contributed by atoms with Gasteiger partial charge in [0, 0.05) is 18.1 Å². The van der Waals surface area contributed by atoms with Gasteiger partial charge in [0.1, 0.15) is 5.75 Å². The molecule has 1 saturated heterocycles. The highest BCUT2D eigenvalue weighted by Gasteiger charge is 2.27. The molecule has 0 radical (unpaired) electrons. The second kappa shape index (κ2) is 9.25. The van der Waals surface area contributed by atoms with Gasteiger partial charge in [0.2, 0.25) is 5.91 Å². The lowest BCUT2D eigenvalue weighted by Crippen LogP contribution is -2.43. The topological polar surface area (TPSA) is 41.6 Å². The lowest BCUT2D eigenvalue weighted by molar-refractivity contribution is -0.127. The van der Waals surface area contributed by atoms with Crippen LogP contribution in [0.5, 0.6) is 5.75 Å². The van der Waals surface area contributed by atoms with Crippen molar-refractivity contribution in [3.63, 3.8) is 0 Å². The van der Waals surface area contributed by atoms with Crippen molar-refractivity contribution in [1.29, 1.82) is 0 Å². The molecule has 0 bridgehead atoms. The molecule has 2 aromatic rings. The summed E-state index contributed by atoms with van der Waals surface area (Å²) in [4.78, 5) is 15.1. The SMILES string of the molecule is COc1ccc(C(C)NC(=O)C2CCCN(Cc3ccccc3Cl)C2)cc1. The van der Waals surface area contributed by atoms with Gasteiger partial charge in [-0.2, -0.15) is 0 Å². The van der Waals surface area contributed by atoms with E-state index in [-0.39, 0.29) is 17.9 Å². The van der Waals surface area contributed by atoms with Gasteiger partial charge in [-0.15, -0.1) is 0 Å². The molecule has 1 amide bonds. The molecule has 27 heavy (non-hydrogen) atoms. The van der Waals surface area contributed by atoms with Crippen LogP contribution < -0.4 is 10.1 Å². The van der Waals surface area contributed by atoms with Gasteiger partial charge in [-0.1, -0.05) is 41.9 Å². The molecule has 5 heteroatoms. The number of carbonyl (C=O) groups is 1. The molecule has 2 atom stereocenters. The van der Waals surface area contributed by atoms with E-state index in [1.165, 1.54) is 0 Å². The Morgan fingerprint density at radius 3 is 2.70 bits per heavy atom. The highest BCUT2D eigenvalue weighted by Crippen LogP contribution is 2.23. The summed E-state index contributed by atoms with van der Waals surface area (Å²) in [5, 5.41) is 3.96. The Kier molecular flexibility index (Phi) is 6.75. The summed E-state index contributed by atoms with van der Waals surface area (Å²) in [6.45, 7) is 4.58. The first-order chi connectivity index (χ1) is 13.1. The van der Waals surface area contributed by atoms with Gasteiger partial charge < -0.3 is 10.1 Å². The quantitative estimate of drug-likeness (QED) is 0.798. The fourth-order valence-corrected chi connectivity index (χ4v) is 3.78. The zero-order valence-corrected chi connectivity index (χ0v) is 16.7. The number of benzene rings is 2. The minimum absolute atomic E-state index is 0.0157. The zero-order chi connectivity index (χ0) is 19.2. The summed E-state index contributed by atoms with van der Waals surface area (Å²) in [6, 6.07) is 15.7. The van der Waals surface area contributed by atoms with Crippen molar-refractivity contribution >= 4 is 17.5 Å². The fraction of sp³-hybridized carbons (Fsp3) is 0.409. The van der Waals surface area contributed by atoms with E-state index in [4.69, 9.17) is 16.3 Å². The second-order valence-corrected chi connectivity index (χ2v) is 7.58. The van der Waals surface area contributed by atoms with Crippen LogP contribution in [-0.2, 0) is 11.3 Å². The van der Waals surface area contributed by atoms with E-state index in [2.05, 4.69) is 16.3 Å². The number of hydrogen-bond donors (Lipinski definition) is 1. The maximum atomic E-state index is 12.8. The number of amides is 1. The van der Waals surface area contributed by atoms with Crippen molar-refractivity contribution in [2.24, 2.45) is 5.92 Å². The number of rotatable bonds is 6. The molecule has 1 aliphatic heterocycles. The summed E-state index contributed by atoms with van der Waals surface area (Å²) >= 11 is 6.29.